The molecule has 4 fully saturated rings. The largest absolute Gasteiger partial charge is 0.342 e. The number of hydrogen-bond acceptors (Lipinski definition) is 5. The Morgan fingerprint density at radius 2 is 1.50 bits per heavy atom. The summed E-state index contributed by atoms with van der Waals surface area (Å²) < 4.78 is 0. The zero-order chi connectivity index (χ0) is 23.9. The van der Waals surface area contributed by atoms with E-state index in [1.54, 1.807) is 21.6 Å². The number of piperazine rings is 1. The van der Waals surface area contributed by atoms with Crippen molar-refractivity contribution >= 4 is 29.3 Å². The van der Waals surface area contributed by atoms with Crippen LogP contribution in [0.4, 0.5) is 5.69 Å². The standard InChI is InChI=1S/C25H33N5O4/c1-19(31)26-13-15-27(16-14-26)22(32)17-29-18-30(21-5-3-2-4-6-21)25(24(29)34)9-11-28(12-10-25)23(33)20-7-8-20/h2-6,20H,7-18H2,1H3. The van der Waals surface area contributed by atoms with Gasteiger partial charge in [-0.15, -0.1) is 0 Å². The fourth-order valence-electron chi connectivity index (χ4n) is 5.54. The maximum absolute atomic E-state index is 13.8. The Morgan fingerprint density at radius 1 is 0.882 bits per heavy atom. The SMILES string of the molecule is CC(=O)N1CCN(C(=O)CN2CN(c3ccccc3)C3(CCN(C(=O)C4CC4)CC3)C2=O)CC1. The van der Waals surface area contributed by atoms with E-state index in [0.29, 0.717) is 58.8 Å². The third-order valence-electron chi connectivity index (χ3n) is 7.81. The van der Waals surface area contributed by atoms with Crippen LogP contribution in [0.25, 0.3) is 0 Å². The molecule has 5 rings (SSSR count). The van der Waals surface area contributed by atoms with Crippen molar-refractivity contribution in [1.29, 1.82) is 0 Å². The van der Waals surface area contributed by atoms with Crippen LogP contribution in [0.2, 0.25) is 0 Å². The molecule has 3 heterocycles. The molecule has 3 aliphatic heterocycles. The van der Waals surface area contributed by atoms with Crippen LogP contribution in [0.3, 0.4) is 0 Å². The molecule has 1 spiro atoms. The van der Waals surface area contributed by atoms with Crippen molar-refractivity contribution in [2.45, 2.75) is 38.1 Å². The molecule has 9 nitrogen and oxygen atoms in total. The quantitative estimate of drug-likeness (QED) is 0.653. The van der Waals surface area contributed by atoms with Gasteiger partial charge in [0.25, 0.3) is 5.91 Å². The summed E-state index contributed by atoms with van der Waals surface area (Å²) in [5.41, 5.74) is 0.234. The van der Waals surface area contributed by atoms with Crippen LogP contribution in [0, 0.1) is 5.92 Å². The van der Waals surface area contributed by atoms with E-state index in [-0.39, 0.29) is 36.1 Å². The van der Waals surface area contributed by atoms with Gasteiger partial charge in [0, 0.05) is 57.8 Å². The smallest absolute Gasteiger partial charge is 0.250 e. The minimum absolute atomic E-state index is 0.0220. The van der Waals surface area contributed by atoms with Gasteiger partial charge in [0.15, 0.2) is 0 Å². The van der Waals surface area contributed by atoms with Gasteiger partial charge in [0.1, 0.15) is 12.1 Å². The number of piperidine rings is 1. The summed E-state index contributed by atoms with van der Waals surface area (Å²) in [5, 5.41) is 0. The lowest BCUT2D eigenvalue weighted by Crippen LogP contribution is -2.57. The summed E-state index contributed by atoms with van der Waals surface area (Å²) in [7, 11) is 0. The molecule has 1 aliphatic carbocycles. The molecular formula is C25H33N5O4. The van der Waals surface area contributed by atoms with Gasteiger partial charge in [-0.25, -0.2) is 0 Å². The second kappa shape index (κ2) is 8.92. The van der Waals surface area contributed by atoms with Crippen molar-refractivity contribution in [2.75, 3.05) is 57.4 Å². The number of benzene rings is 1. The molecule has 0 atom stereocenters. The number of para-hydroxylation sites is 1. The van der Waals surface area contributed by atoms with E-state index >= 15 is 0 Å². The first-order valence-electron chi connectivity index (χ1n) is 12.3. The normalized spacial score (nSPS) is 22.5. The Kier molecular flexibility index (Phi) is 5.95. The minimum atomic E-state index is -0.727. The Balaban J connectivity index is 1.30. The average Bonchev–Trinajstić information content (AvgIpc) is 3.68. The molecule has 34 heavy (non-hydrogen) atoms. The van der Waals surface area contributed by atoms with Crippen LogP contribution in [-0.2, 0) is 19.2 Å². The summed E-state index contributed by atoms with van der Waals surface area (Å²) in [6.45, 7) is 5.12. The van der Waals surface area contributed by atoms with E-state index in [1.807, 2.05) is 35.2 Å². The van der Waals surface area contributed by atoms with Gasteiger partial charge in [-0.2, -0.15) is 0 Å². The Morgan fingerprint density at radius 3 is 2.09 bits per heavy atom. The molecular weight excluding hydrogens is 434 g/mol. The predicted molar refractivity (Wildman–Crippen MR) is 126 cm³/mol. The monoisotopic (exact) mass is 467 g/mol. The van der Waals surface area contributed by atoms with Crippen molar-refractivity contribution in [1.82, 2.24) is 19.6 Å². The number of likely N-dealkylation sites (tertiary alicyclic amines) is 1. The lowest BCUT2D eigenvalue weighted by atomic mass is 9.85. The third-order valence-corrected chi connectivity index (χ3v) is 7.81. The molecule has 0 radical (unpaired) electrons. The average molecular weight is 468 g/mol. The van der Waals surface area contributed by atoms with Gasteiger partial charge >= 0.3 is 0 Å². The molecule has 9 heteroatoms. The first kappa shape index (κ1) is 22.7. The van der Waals surface area contributed by atoms with E-state index in [2.05, 4.69) is 4.90 Å². The molecule has 1 aromatic rings. The van der Waals surface area contributed by atoms with Gasteiger partial charge in [0.2, 0.25) is 17.7 Å². The van der Waals surface area contributed by atoms with Crippen molar-refractivity contribution in [2.24, 2.45) is 5.92 Å². The number of rotatable bonds is 4. The first-order valence-corrected chi connectivity index (χ1v) is 12.3. The van der Waals surface area contributed by atoms with Gasteiger partial charge in [-0.05, 0) is 37.8 Å². The second-order valence-corrected chi connectivity index (χ2v) is 9.93. The van der Waals surface area contributed by atoms with Gasteiger partial charge < -0.3 is 24.5 Å². The van der Waals surface area contributed by atoms with Crippen LogP contribution in [0.1, 0.15) is 32.6 Å². The molecule has 4 amide bonds. The van der Waals surface area contributed by atoms with Gasteiger partial charge in [-0.3, -0.25) is 19.2 Å². The Bertz CT molecular complexity index is 963. The fourth-order valence-corrected chi connectivity index (χ4v) is 5.54. The summed E-state index contributed by atoms with van der Waals surface area (Å²) in [6.07, 6.45) is 3.10. The molecule has 0 aromatic heterocycles. The van der Waals surface area contributed by atoms with Crippen LogP contribution in [-0.4, -0.2) is 101 Å². The Labute approximate surface area is 200 Å². The summed E-state index contributed by atoms with van der Waals surface area (Å²) in [6, 6.07) is 9.88. The maximum Gasteiger partial charge on any atom is 0.250 e. The number of hydrogen-bond donors (Lipinski definition) is 0. The molecule has 3 saturated heterocycles. The van der Waals surface area contributed by atoms with E-state index < -0.39 is 5.54 Å². The highest BCUT2D eigenvalue weighted by Gasteiger charge is 2.55. The van der Waals surface area contributed by atoms with Crippen LogP contribution >= 0.6 is 0 Å². The molecule has 182 valence electrons. The lowest BCUT2D eigenvalue weighted by molar-refractivity contribution is -0.144. The molecule has 1 saturated carbocycles. The minimum Gasteiger partial charge on any atom is -0.342 e. The Hall–Kier alpha value is -3.10. The maximum atomic E-state index is 13.8. The summed E-state index contributed by atoms with van der Waals surface area (Å²) in [5.74, 6) is 0.321. The van der Waals surface area contributed by atoms with Crippen molar-refractivity contribution in [3.63, 3.8) is 0 Å². The van der Waals surface area contributed by atoms with Crippen LogP contribution in [0.15, 0.2) is 30.3 Å². The number of carbonyl (C=O) groups excluding carboxylic acids is 4. The molecule has 0 N–H and O–H groups in total. The van der Waals surface area contributed by atoms with Crippen LogP contribution in [0.5, 0.6) is 0 Å². The predicted octanol–water partition coefficient (Wildman–Crippen LogP) is 0.755. The van der Waals surface area contributed by atoms with E-state index in [0.717, 1.165) is 18.5 Å². The van der Waals surface area contributed by atoms with E-state index in [9.17, 15) is 19.2 Å². The van der Waals surface area contributed by atoms with E-state index in [1.165, 1.54) is 0 Å². The zero-order valence-electron chi connectivity index (χ0n) is 19.8. The third kappa shape index (κ3) is 4.12. The highest BCUT2D eigenvalue weighted by Crippen LogP contribution is 2.41. The van der Waals surface area contributed by atoms with Gasteiger partial charge in [0.05, 0.1) is 6.67 Å². The van der Waals surface area contributed by atoms with E-state index in [4.69, 9.17) is 0 Å². The lowest BCUT2D eigenvalue weighted by Gasteiger charge is -2.43. The highest BCUT2D eigenvalue weighted by atomic mass is 16.2. The van der Waals surface area contributed by atoms with Crippen LogP contribution < -0.4 is 4.90 Å². The van der Waals surface area contributed by atoms with Crippen molar-refractivity contribution in [3.05, 3.63) is 30.3 Å². The summed E-state index contributed by atoms with van der Waals surface area (Å²) in [4.78, 5) is 60.3. The molecule has 0 bridgehead atoms. The number of anilines is 1. The zero-order valence-corrected chi connectivity index (χ0v) is 19.8. The highest BCUT2D eigenvalue weighted by molar-refractivity contribution is 5.96. The first-order chi connectivity index (χ1) is 16.4. The molecule has 4 aliphatic rings. The van der Waals surface area contributed by atoms with Crippen molar-refractivity contribution in [3.8, 4) is 0 Å². The summed E-state index contributed by atoms with van der Waals surface area (Å²) >= 11 is 0. The fraction of sp³-hybridized carbons (Fsp3) is 0.600. The number of carbonyl (C=O) groups is 4. The second-order valence-electron chi connectivity index (χ2n) is 9.93. The van der Waals surface area contributed by atoms with Gasteiger partial charge in [-0.1, -0.05) is 18.2 Å². The molecule has 0 unspecified atom stereocenters. The number of amides is 4. The van der Waals surface area contributed by atoms with Crippen molar-refractivity contribution < 1.29 is 19.2 Å². The number of nitrogens with zero attached hydrogens (tertiary/aromatic N) is 5. The topological polar surface area (TPSA) is 84.5 Å². The molecule has 1 aromatic carbocycles.